The molecule has 1 aromatic rings. The number of carbonyl (C=O) groups is 3. The molecule has 1 saturated heterocycles. The van der Waals surface area contributed by atoms with E-state index < -0.39 is 24.1 Å². The third-order valence-electron chi connectivity index (χ3n) is 3.33. The summed E-state index contributed by atoms with van der Waals surface area (Å²) in [6.07, 6.45) is -0.0393. The van der Waals surface area contributed by atoms with E-state index in [2.05, 4.69) is 10.6 Å². The fourth-order valence-corrected chi connectivity index (χ4v) is 2.15. The van der Waals surface area contributed by atoms with Crippen molar-refractivity contribution < 1.29 is 23.9 Å². The summed E-state index contributed by atoms with van der Waals surface area (Å²) < 4.78 is 10.3. The highest BCUT2D eigenvalue weighted by Gasteiger charge is 2.28. The standard InChI is InChI=1S/C16H20N2O5/c1-10(23-16(21)14-4-3-9-22-14)15(20)18-13-7-5-12(6-8-13)17-11(2)19/h5-8,10,14H,3-4,9H2,1-2H3,(H,17,19)(H,18,20)/t10-,14+/m0/s1. The summed E-state index contributed by atoms with van der Waals surface area (Å²) in [5.74, 6) is -1.11. The molecule has 1 aliphatic rings. The van der Waals surface area contributed by atoms with Crippen LogP contribution < -0.4 is 10.6 Å². The molecule has 124 valence electrons. The molecule has 0 radical (unpaired) electrons. The Hall–Kier alpha value is -2.41. The van der Waals surface area contributed by atoms with Crippen molar-refractivity contribution in [2.24, 2.45) is 0 Å². The van der Waals surface area contributed by atoms with Crippen molar-refractivity contribution in [2.45, 2.75) is 38.9 Å². The van der Waals surface area contributed by atoms with Gasteiger partial charge in [0.05, 0.1) is 0 Å². The van der Waals surface area contributed by atoms with Gasteiger partial charge in [0, 0.05) is 24.9 Å². The molecule has 7 nitrogen and oxygen atoms in total. The Morgan fingerprint density at radius 3 is 2.30 bits per heavy atom. The lowest BCUT2D eigenvalue weighted by molar-refractivity contribution is -0.162. The Morgan fingerprint density at radius 1 is 1.17 bits per heavy atom. The van der Waals surface area contributed by atoms with Crippen molar-refractivity contribution >= 4 is 29.2 Å². The maximum atomic E-state index is 12.0. The Bertz CT molecular complexity index is 579. The predicted octanol–water partition coefficient (Wildman–Crippen LogP) is 1.69. The first-order valence-electron chi connectivity index (χ1n) is 7.46. The van der Waals surface area contributed by atoms with Crippen LogP contribution in [0, 0.1) is 0 Å². The van der Waals surface area contributed by atoms with Crippen LogP contribution in [0.25, 0.3) is 0 Å². The third kappa shape index (κ3) is 5.07. The maximum Gasteiger partial charge on any atom is 0.336 e. The Morgan fingerprint density at radius 2 is 1.78 bits per heavy atom. The molecule has 1 aromatic carbocycles. The number of benzene rings is 1. The molecule has 1 aliphatic heterocycles. The molecule has 0 saturated carbocycles. The monoisotopic (exact) mass is 320 g/mol. The molecular formula is C16H20N2O5. The van der Waals surface area contributed by atoms with Gasteiger partial charge in [0.25, 0.3) is 5.91 Å². The van der Waals surface area contributed by atoms with Crippen molar-refractivity contribution in [3.63, 3.8) is 0 Å². The SMILES string of the molecule is CC(=O)Nc1ccc(NC(=O)[C@H](C)OC(=O)[C@H]2CCCO2)cc1. The first kappa shape index (κ1) is 17.0. The quantitative estimate of drug-likeness (QED) is 0.805. The van der Waals surface area contributed by atoms with E-state index in [0.29, 0.717) is 24.4 Å². The molecule has 2 amide bonds. The van der Waals surface area contributed by atoms with Crippen LogP contribution in [-0.4, -0.2) is 36.6 Å². The lowest BCUT2D eigenvalue weighted by atomic mass is 10.2. The van der Waals surface area contributed by atoms with E-state index in [1.807, 2.05) is 0 Å². The first-order valence-corrected chi connectivity index (χ1v) is 7.46. The van der Waals surface area contributed by atoms with Crippen LogP contribution in [0.4, 0.5) is 11.4 Å². The molecule has 2 N–H and O–H groups in total. The molecule has 7 heteroatoms. The topological polar surface area (TPSA) is 93.7 Å². The molecule has 0 aromatic heterocycles. The molecule has 0 spiro atoms. The van der Waals surface area contributed by atoms with Gasteiger partial charge in [-0.25, -0.2) is 4.79 Å². The number of anilines is 2. The van der Waals surface area contributed by atoms with Crippen LogP contribution in [0.5, 0.6) is 0 Å². The molecule has 23 heavy (non-hydrogen) atoms. The highest BCUT2D eigenvalue weighted by atomic mass is 16.6. The van der Waals surface area contributed by atoms with Crippen LogP contribution >= 0.6 is 0 Å². The summed E-state index contributed by atoms with van der Waals surface area (Å²) in [5, 5.41) is 5.28. The van der Waals surface area contributed by atoms with E-state index in [1.54, 1.807) is 24.3 Å². The summed E-state index contributed by atoms with van der Waals surface area (Å²) in [7, 11) is 0. The van der Waals surface area contributed by atoms with Crippen molar-refractivity contribution in [2.75, 3.05) is 17.2 Å². The number of carbonyl (C=O) groups excluding carboxylic acids is 3. The van der Waals surface area contributed by atoms with E-state index in [9.17, 15) is 14.4 Å². The highest BCUT2D eigenvalue weighted by molar-refractivity contribution is 5.95. The van der Waals surface area contributed by atoms with Gasteiger partial charge in [-0.2, -0.15) is 0 Å². The fraction of sp³-hybridized carbons (Fsp3) is 0.438. The summed E-state index contributed by atoms with van der Waals surface area (Å²) in [6.45, 7) is 3.47. The second-order valence-electron chi connectivity index (χ2n) is 5.33. The average molecular weight is 320 g/mol. The van der Waals surface area contributed by atoms with Crippen LogP contribution in [0.15, 0.2) is 24.3 Å². The van der Waals surface area contributed by atoms with Gasteiger partial charge in [-0.05, 0) is 44.0 Å². The summed E-state index contributed by atoms with van der Waals surface area (Å²) in [4.78, 5) is 34.8. The lowest BCUT2D eigenvalue weighted by Crippen LogP contribution is -2.33. The molecule has 1 fully saturated rings. The minimum absolute atomic E-state index is 0.170. The highest BCUT2D eigenvalue weighted by Crippen LogP contribution is 2.16. The molecule has 2 rings (SSSR count). The Balaban J connectivity index is 1.85. The molecule has 1 heterocycles. The molecule has 0 unspecified atom stereocenters. The zero-order valence-electron chi connectivity index (χ0n) is 13.1. The van der Waals surface area contributed by atoms with E-state index in [4.69, 9.17) is 9.47 Å². The van der Waals surface area contributed by atoms with E-state index >= 15 is 0 Å². The van der Waals surface area contributed by atoms with E-state index in [-0.39, 0.29) is 5.91 Å². The van der Waals surface area contributed by atoms with Crippen molar-refractivity contribution in [3.05, 3.63) is 24.3 Å². The molecule has 2 atom stereocenters. The summed E-state index contributed by atoms with van der Waals surface area (Å²) >= 11 is 0. The van der Waals surface area contributed by atoms with Crippen molar-refractivity contribution in [1.82, 2.24) is 0 Å². The molecular weight excluding hydrogens is 300 g/mol. The molecule has 0 bridgehead atoms. The maximum absolute atomic E-state index is 12.0. The van der Waals surface area contributed by atoms with Crippen LogP contribution in [-0.2, 0) is 23.9 Å². The fourth-order valence-electron chi connectivity index (χ4n) is 2.15. The largest absolute Gasteiger partial charge is 0.451 e. The second-order valence-corrected chi connectivity index (χ2v) is 5.33. The first-order chi connectivity index (χ1) is 11.0. The summed E-state index contributed by atoms with van der Waals surface area (Å²) in [5.41, 5.74) is 1.18. The van der Waals surface area contributed by atoms with Gasteiger partial charge in [0.1, 0.15) is 0 Å². The van der Waals surface area contributed by atoms with Gasteiger partial charge in [-0.1, -0.05) is 0 Å². The van der Waals surface area contributed by atoms with Gasteiger partial charge in [0.15, 0.2) is 12.2 Å². The normalized spacial score (nSPS) is 18.1. The smallest absolute Gasteiger partial charge is 0.336 e. The summed E-state index contributed by atoms with van der Waals surface area (Å²) in [6, 6.07) is 6.63. The van der Waals surface area contributed by atoms with Gasteiger partial charge in [0.2, 0.25) is 5.91 Å². The predicted molar refractivity (Wildman–Crippen MR) is 83.9 cm³/mol. The number of amides is 2. The second kappa shape index (κ2) is 7.73. The zero-order valence-corrected chi connectivity index (χ0v) is 13.1. The van der Waals surface area contributed by atoms with Gasteiger partial charge < -0.3 is 20.1 Å². The van der Waals surface area contributed by atoms with E-state index in [0.717, 1.165) is 6.42 Å². The number of hydrogen-bond donors (Lipinski definition) is 2. The number of esters is 1. The van der Waals surface area contributed by atoms with Gasteiger partial charge in [-0.3, -0.25) is 9.59 Å². The molecule has 0 aliphatic carbocycles. The minimum Gasteiger partial charge on any atom is -0.451 e. The number of hydrogen-bond acceptors (Lipinski definition) is 5. The Labute approximate surface area is 134 Å². The van der Waals surface area contributed by atoms with E-state index in [1.165, 1.54) is 13.8 Å². The number of nitrogens with one attached hydrogen (secondary N) is 2. The number of ether oxygens (including phenoxy) is 2. The van der Waals surface area contributed by atoms with Crippen LogP contribution in [0.1, 0.15) is 26.7 Å². The average Bonchev–Trinajstić information content (AvgIpc) is 3.03. The Kier molecular flexibility index (Phi) is 5.70. The number of rotatable bonds is 5. The lowest BCUT2D eigenvalue weighted by Gasteiger charge is -2.16. The van der Waals surface area contributed by atoms with Crippen LogP contribution in [0.2, 0.25) is 0 Å². The van der Waals surface area contributed by atoms with Gasteiger partial charge >= 0.3 is 5.97 Å². The van der Waals surface area contributed by atoms with Gasteiger partial charge in [-0.15, -0.1) is 0 Å². The van der Waals surface area contributed by atoms with Crippen molar-refractivity contribution in [3.8, 4) is 0 Å². The third-order valence-corrected chi connectivity index (χ3v) is 3.33. The van der Waals surface area contributed by atoms with Crippen LogP contribution in [0.3, 0.4) is 0 Å². The van der Waals surface area contributed by atoms with Crippen molar-refractivity contribution in [1.29, 1.82) is 0 Å². The zero-order chi connectivity index (χ0) is 16.8. The minimum atomic E-state index is -0.915.